The summed E-state index contributed by atoms with van der Waals surface area (Å²) in [5.41, 5.74) is 2.83. The van der Waals surface area contributed by atoms with E-state index in [9.17, 15) is 0 Å². The second kappa shape index (κ2) is 8.76. The highest BCUT2D eigenvalue weighted by atomic mass is 79.9. The van der Waals surface area contributed by atoms with Crippen LogP contribution in [0.5, 0.6) is 5.75 Å². The molecule has 1 aliphatic rings. The molecule has 1 saturated heterocycles. The molecule has 32 heavy (non-hydrogen) atoms. The van der Waals surface area contributed by atoms with Crippen molar-refractivity contribution in [3.63, 3.8) is 0 Å². The first-order chi connectivity index (χ1) is 15.6. The number of benzene rings is 2. The minimum Gasteiger partial charge on any atom is -0.497 e. The maximum absolute atomic E-state index is 6.39. The zero-order valence-corrected chi connectivity index (χ0v) is 19.6. The van der Waals surface area contributed by atoms with Crippen LogP contribution in [-0.4, -0.2) is 17.2 Å². The van der Waals surface area contributed by atoms with E-state index in [0.717, 1.165) is 38.7 Å². The lowest BCUT2D eigenvalue weighted by atomic mass is 10.0. The SMILES string of the molecule is COc1cccc(N2C(=S)N[C@H](c3ccccn3)[C@@H]2c2ccc(-c3ccc(Br)cc3)o2)c1. The zero-order valence-electron chi connectivity index (χ0n) is 17.2. The Bertz CT molecular complexity index is 1240. The largest absolute Gasteiger partial charge is 0.497 e. The van der Waals surface area contributed by atoms with E-state index in [0.29, 0.717) is 5.11 Å². The zero-order chi connectivity index (χ0) is 22.1. The summed E-state index contributed by atoms with van der Waals surface area (Å²) >= 11 is 9.26. The molecule has 2 aromatic heterocycles. The molecule has 7 heteroatoms. The Morgan fingerprint density at radius 2 is 1.88 bits per heavy atom. The van der Waals surface area contributed by atoms with Gasteiger partial charge in [0.2, 0.25) is 0 Å². The molecule has 5 nitrogen and oxygen atoms in total. The Labute approximate surface area is 200 Å². The van der Waals surface area contributed by atoms with Gasteiger partial charge in [-0.2, -0.15) is 0 Å². The summed E-state index contributed by atoms with van der Waals surface area (Å²) in [6.45, 7) is 0. The number of rotatable bonds is 5. The predicted octanol–water partition coefficient (Wildman–Crippen LogP) is 6.29. The fourth-order valence-electron chi connectivity index (χ4n) is 3.96. The number of hydrogen-bond donors (Lipinski definition) is 1. The van der Waals surface area contributed by atoms with Crippen LogP contribution in [0.4, 0.5) is 5.69 Å². The summed E-state index contributed by atoms with van der Waals surface area (Å²) in [5, 5.41) is 4.06. The number of ether oxygens (including phenoxy) is 1. The molecule has 0 spiro atoms. The Hall–Kier alpha value is -3.16. The van der Waals surface area contributed by atoms with Crippen LogP contribution in [0.1, 0.15) is 23.5 Å². The average Bonchev–Trinajstić information content (AvgIpc) is 3.45. The molecule has 1 fully saturated rings. The van der Waals surface area contributed by atoms with Crippen molar-refractivity contribution in [3.8, 4) is 17.1 Å². The Kier molecular flexibility index (Phi) is 5.68. The topological polar surface area (TPSA) is 50.5 Å². The highest BCUT2D eigenvalue weighted by Crippen LogP contribution is 2.43. The number of halogens is 1. The standard InChI is InChI=1S/C25H20BrN3O2S/c1-30-19-6-4-5-18(15-19)29-24(23(28-25(29)32)20-7-2-3-14-27-20)22-13-12-21(31-22)16-8-10-17(26)11-9-16/h2-15,23-24H,1H3,(H,28,32)/t23-,24+/m1/s1. The Balaban J connectivity index is 1.59. The van der Waals surface area contributed by atoms with Crippen molar-refractivity contribution in [2.24, 2.45) is 0 Å². The van der Waals surface area contributed by atoms with Crippen LogP contribution in [0.25, 0.3) is 11.3 Å². The second-order valence-electron chi connectivity index (χ2n) is 7.41. The molecule has 0 aliphatic carbocycles. The van der Waals surface area contributed by atoms with Crippen molar-refractivity contribution in [1.29, 1.82) is 0 Å². The van der Waals surface area contributed by atoms with Crippen LogP contribution in [0.15, 0.2) is 93.9 Å². The molecule has 2 atom stereocenters. The lowest BCUT2D eigenvalue weighted by Gasteiger charge is -2.26. The lowest BCUT2D eigenvalue weighted by Crippen LogP contribution is -2.29. The third-order valence-electron chi connectivity index (χ3n) is 5.48. The highest BCUT2D eigenvalue weighted by Gasteiger charge is 2.42. The quantitative estimate of drug-likeness (QED) is 0.321. The normalized spacial score (nSPS) is 17.9. The van der Waals surface area contributed by atoms with E-state index in [1.807, 2.05) is 78.9 Å². The van der Waals surface area contributed by atoms with E-state index in [1.165, 1.54) is 0 Å². The number of aromatic nitrogens is 1. The van der Waals surface area contributed by atoms with Crippen molar-refractivity contribution in [1.82, 2.24) is 10.3 Å². The van der Waals surface area contributed by atoms with Gasteiger partial charge in [-0.15, -0.1) is 0 Å². The lowest BCUT2D eigenvalue weighted by molar-refractivity contribution is 0.414. The molecule has 0 amide bonds. The molecule has 2 aromatic carbocycles. The summed E-state index contributed by atoms with van der Waals surface area (Å²) < 4.78 is 12.9. The molecule has 0 bridgehead atoms. The summed E-state index contributed by atoms with van der Waals surface area (Å²) in [5.74, 6) is 2.37. The first-order valence-electron chi connectivity index (χ1n) is 10.1. The number of nitrogens with one attached hydrogen (secondary N) is 1. The van der Waals surface area contributed by atoms with Crippen molar-refractivity contribution < 1.29 is 9.15 Å². The van der Waals surface area contributed by atoms with E-state index >= 15 is 0 Å². The van der Waals surface area contributed by atoms with Gasteiger partial charge in [0.25, 0.3) is 0 Å². The molecule has 5 rings (SSSR count). The first-order valence-corrected chi connectivity index (χ1v) is 11.3. The molecule has 1 aliphatic heterocycles. The van der Waals surface area contributed by atoms with Gasteiger partial charge in [0, 0.05) is 28.0 Å². The van der Waals surface area contributed by atoms with Gasteiger partial charge in [-0.05, 0) is 60.7 Å². The molecule has 1 N–H and O–H groups in total. The van der Waals surface area contributed by atoms with Gasteiger partial charge >= 0.3 is 0 Å². The average molecular weight is 506 g/mol. The number of anilines is 1. The summed E-state index contributed by atoms with van der Waals surface area (Å²) in [6, 6.07) is 25.4. The van der Waals surface area contributed by atoms with Crippen LogP contribution in [0, 0.1) is 0 Å². The van der Waals surface area contributed by atoms with E-state index < -0.39 is 0 Å². The third-order valence-corrected chi connectivity index (χ3v) is 6.32. The first kappa shape index (κ1) is 20.7. The van der Waals surface area contributed by atoms with Crippen LogP contribution in [-0.2, 0) is 0 Å². The van der Waals surface area contributed by atoms with Gasteiger partial charge in [-0.3, -0.25) is 4.98 Å². The number of furan rings is 1. The molecule has 0 unspecified atom stereocenters. The Morgan fingerprint density at radius 1 is 1.03 bits per heavy atom. The highest BCUT2D eigenvalue weighted by molar-refractivity contribution is 9.10. The van der Waals surface area contributed by atoms with Crippen molar-refractivity contribution in [2.45, 2.75) is 12.1 Å². The second-order valence-corrected chi connectivity index (χ2v) is 8.71. The minimum absolute atomic E-state index is 0.168. The number of pyridine rings is 1. The maximum Gasteiger partial charge on any atom is 0.174 e. The predicted molar refractivity (Wildman–Crippen MR) is 133 cm³/mol. The van der Waals surface area contributed by atoms with Gasteiger partial charge in [-0.1, -0.05) is 40.2 Å². The fourth-order valence-corrected chi connectivity index (χ4v) is 4.57. The minimum atomic E-state index is -0.214. The Morgan fingerprint density at radius 3 is 2.62 bits per heavy atom. The van der Waals surface area contributed by atoms with Crippen molar-refractivity contribution in [3.05, 3.63) is 101 Å². The van der Waals surface area contributed by atoms with Crippen molar-refractivity contribution >= 4 is 38.9 Å². The van der Waals surface area contributed by atoms with E-state index in [4.69, 9.17) is 21.4 Å². The smallest absolute Gasteiger partial charge is 0.174 e. The fraction of sp³-hybridized carbons (Fsp3) is 0.120. The number of nitrogens with zero attached hydrogens (tertiary/aromatic N) is 2. The molecular formula is C25H20BrN3O2S. The summed E-state index contributed by atoms with van der Waals surface area (Å²) in [7, 11) is 1.66. The van der Waals surface area contributed by atoms with Gasteiger partial charge in [0.1, 0.15) is 23.3 Å². The molecule has 160 valence electrons. The molecular weight excluding hydrogens is 486 g/mol. The monoisotopic (exact) mass is 505 g/mol. The summed E-state index contributed by atoms with van der Waals surface area (Å²) in [4.78, 5) is 6.66. The van der Waals surface area contributed by atoms with Crippen LogP contribution < -0.4 is 15.0 Å². The van der Waals surface area contributed by atoms with E-state index in [-0.39, 0.29) is 12.1 Å². The number of thiocarbonyl (C=S) groups is 1. The molecule has 4 aromatic rings. The van der Waals surface area contributed by atoms with E-state index in [1.54, 1.807) is 13.3 Å². The number of hydrogen-bond acceptors (Lipinski definition) is 4. The maximum atomic E-state index is 6.39. The molecule has 0 radical (unpaired) electrons. The molecule has 0 saturated carbocycles. The van der Waals surface area contributed by atoms with Crippen LogP contribution >= 0.6 is 28.1 Å². The van der Waals surface area contributed by atoms with Crippen LogP contribution in [0.2, 0.25) is 0 Å². The summed E-state index contributed by atoms with van der Waals surface area (Å²) in [6.07, 6.45) is 1.79. The van der Waals surface area contributed by atoms with Crippen LogP contribution in [0.3, 0.4) is 0 Å². The van der Waals surface area contributed by atoms with Crippen molar-refractivity contribution in [2.75, 3.05) is 12.0 Å². The van der Waals surface area contributed by atoms with E-state index in [2.05, 4.69) is 31.1 Å². The molecule has 3 heterocycles. The third kappa shape index (κ3) is 3.89. The van der Waals surface area contributed by atoms with Gasteiger partial charge in [-0.25, -0.2) is 0 Å². The van der Waals surface area contributed by atoms with Gasteiger partial charge in [0.05, 0.1) is 18.8 Å². The van der Waals surface area contributed by atoms with Gasteiger partial charge < -0.3 is 19.4 Å². The number of methoxy groups -OCH3 is 1. The van der Waals surface area contributed by atoms with Gasteiger partial charge in [0.15, 0.2) is 5.11 Å².